The predicted molar refractivity (Wildman–Crippen MR) is 58.7 cm³/mol. The lowest BCUT2D eigenvalue weighted by Gasteiger charge is -2.11. The Morgan fingerprint density at radius 1 is 1.07 bits per heavy atom. The first-order valence-corrected chi connectivity index (χ1v) is 4.51. The van der Waals surface area contributed by atoms with Crippen LogP contribution in [0.4, 0.5) is 0 Å². The molecule has 0 unspecified atom stereocenters. The van der Waals surface area contributed by atoms with Gasteiger partial charge >= 0.3 is 0 Å². The summed E-state index contributed by atoms with van der Waals surface area (Å²) in [5, 5.41) is 0. The van der Waals surface area contributed by atoms with E-state index in [1.54, 1.807) is 0 Å². The predicted octanol–water partition coefficient (Wildman–Crippen LogP) is 3.18. The minimum absolute atomic E-state index is 0.0492. The van der Waals surface area contributed by atoms with Crippen LogP contribution in [0.15, 0.2) is 12.1 Å². The average Bonchev–Trinajstić information content (AvgIpc) is 2.24. The summed E-state index contributed by atoms with van der Waals surface area (Å²) in [5.41, 5.74) is 0.0985. The van der Waals surface area contributed by atoms with E-state index in [4.69, 9.17) is 38.2 Å². The maximum Gasteiger partial charge on any atom is 0.123 e. The lowest BCUT2D eigenvalue weighted by Crippen LogP contribution is -1.95. The molecule has 0 aliphatic carbocycles. The molecule has 0 aromatic heterocycles. The van der Waals surface area contributed by atoms with E-state index >= 15 is 0 Å². The minimum atomic E-state index is -2.16. The molecule has 0 heterocycles. The van der Waals surface area contributed by atoms with Gasteiger partial charge in [0.15, 0.2) is 0 Å². The van der Waals surface area contributed by atoms with E-state index in [9.17, 15) is 0 Å². The van der Waals surface area contributed by atoms with Crippen molar-refractivity contribution in [3.8, 4) is 11.5 Å². The van der Waals surface area contributed by atoms with Gasteiger partial charge in [0.25, 0.3) is 0 Å². The number of benzene rings is 1. The van der Waals surface area contributed by atoms with Crippen LogP contribution < -0.4 is 9.47 Å². The molecule has 0 aliphatic rings. The molecule has 1 aromatic carbocycles. The van der Waals surface area contributed by atoms with Gasteiger partial charge in [0.05, 0.1) is 25.9 Å². The highest BCUT2D eigenvalue weighted by Gasteiger charge is 2.09. The molecule has 0 amide bonds. The summed E-state index contributed by atoms with van der Waals surface area (Å²) in [7, 11) is 2.67. The van der Waals surface area contributed by atoms with E-state index in [1.165, 1.54) is 26.4 Å². The van der Waals surface area contributed by atoms with Crippen LogP contribution in [0.2, 0.25) is 0 Å². The quantitative estimate of drug-likeness (QED) is 0.751. The lowest BCUT2D eigenvalue weighted by atomic mass is 10.1. The molecule has 0 atom stereocenters. The normalized spacial score (nSPS) is 16.3. The molecule has 1 aromatic rings. The van der Waals surface area contributed by atoms with Gasteiger partial charge in [0.2, 0.25) is 0 Å². The molecule has 0 saturated carbocycles. The van der Waals surface area contributed by atoms with Crippen LogP contribution in [-0.4, -0.2) is 14.2 Å². The van der Waals surface area contributed by atoms with Gasteiger partial charge in [-0.05, 0) is 12.1 Å². The first-order chi connectivity index (χ1) is 8.11. The maximum absolute atomic E-state index is 7.49. The highest BCUT2D eigenvalue weighted by atomic mass is 35.5. The fourth-order valence-corrected chi connectivity index (χ4v) is 1.34. The Labute approximate surface area is 99.3 Å². The lowest BCUT2D eigenvalue weighted by molar-refractivity contribution is 0.397. The third-order valence-corrected chi connectivity index (χ3v) is 2.13. The van der Waals surface area contributed by atoms with Crippen LogP contribution in [0.25, 0.3) is 0 Å². The standard InChI is InChI=1S/C10H12Cl2O2/c1-13-9-3-8(6-12)10(14-2)4-7(9)5-11/h3-4H,5-6H2,1-2H3/i5D2,6D2. The van der Waals surface area contributed by atoms with Crippen molar-refractivity contribution < 1.29 is 15.0 Å². The van der Waals surface area contributed by atoms with Crippen molar-refractivity contribution >= 4 is 23.2 Å². The second-order valence-corrected chi connectivity index (χ2v) is 2.82. The SMILES string of the molecule is [2H]C([2H])(Cl)c1cc(OC)c(C([2H])([2H])Cl)cc1OC. The second kappa shape index (κ2) is 5.32. The highest BCUT2D eigenvalue weighted by molar-refractivity contribution is 6.17. The zero-order valence-corrected chi connectivity index (χ0v) is 9.24. The van der Waals surface area contributed by atoms with Crippen LogP contribution in [0, 0.1) is 0 Å². The Morgan fingerprint density at radius 3 is 1.64 bits per heavy atom. The Bertz CT molecular complexity index is 399. The Morgan fingerprint density at radius 2 is 1.43 bits per heavy atom. The van der Waals surface area contributed by atoms with Gasteiger partial charge in [-0.25, -0.2) is 0 Å². The molecule has 78 valence electrons. The molecule has 0 aliphatic heterocycles. The van der Waals surface area contributed by atoms with Crippen molar-refractivity contribution in [2.75, 3.05) is 14.2 Å². The highest BCUT2D eigenvalue weighted by Crippen LogP contribution is 2.30. The summed E-state index contributed by atoms with van der Waals surface area (Å²) in [4.78, 5) is 0. The zero-order chi connectivity index (χ0) is 14.1. The summed E-state index contributed by atoms with van der Waals surface area (Å²) in [6, 6.07) is 2.56. The van der Waals surface area contributed by atoms with Gasteiger partial charge < -0.3 is 9.47 Å². The summed E-state index contributed by atoms with van der Waals surface area (Å²) in [5.74, 6) is -4.10. The van der Waals surface area contributed by atoms with Crippen molar-refractivity contribution in [1.82, 2.24) is 0 Å². The van der Waals surface area contributed by atoms with Crippen molar-refractivity contribution in [3.05, 3.63) is 23.3 Å². The van der Waals surface area contributed by atoms with Gasteiger partial charge in [-0.1, -0.05) is 0 Å². The largest absolute Gasteiger partial charge is 0.496 e. The monoisotopic (exact) mass is 238 g/mol. The number of halogens is 2. The molecule has 4 heteroatoms. The molecule has 0 bridgehead atoms. The van der Waals surface area contributed by atoms with Crippen LogP contribution in [-0.2, 0) is 11.7 Å². The molecular weight excluding hydrogens is 223 g/mol. The molecule has 0 radical (unpaired) electrons. The molecule has 1 rings (SSSR count). The fourth-order valence-electron chi connectivity index (χ4n) is 1.05. The summed E-state index contributed by atoms with van der Waals surface area (Å²) < 4.78 is 39.9. The van der Waals surface area contributed by atoms with Crippen molar-refractivity contribution in [2.45, 2.75) is 11.7 Å². The first-order valence-electron chi connectivity index (χ1n) is 5.76. The van der Waals surface area contributed by atoms with Crippen molar-refractivity contribution in [2.24, 2.45) is 0 Å². The van der Waals surface area contributed by atoms with Gasteiger partial charge in [-0.15, -0.1) is 23.2 Å². The van der Waals surface area contributed by atoms with Gasteiger partial charge in [-0.2, -0.15) is 0 Å². The molecular formula is C10H12Cl2O2. The van der Waals surface area contributed by atoms with E-state index in [2.05, 4.69) is 0 Å². The van der Waals surface area contributed by atoms with Crippen LogP contribution >= 0.6 is 23.2 Å². The smallest absolute Gasteiger partial charge is 0.123 e. The average molecular weight is 239 g/mol. The molecule has 0 saturated heterocycles. The van der Waals surface area contributed by atoms with Gasteiger partial charge in [0, 0.05) is 16.6 Å². The topological polar surface area (TPSA) is 18.5 Å². The Balaban J connectivity index is 3.52. The van der Waals surface area contributed by atoms with Crippen LogP contribution in [0.3, 0.4) is 0 Å². The second-order valence-electron chi connectivity index (χ2n) is 2.44. The van der Waals surface area contributed by atoms with Crippen LogP contribution in [0.5, 0.6) is 11.5 Å². The Hall–Kier alpha value is -0.600. The summed E-state index contributed by atoms with van der Waals surface area (Å²) in [6.07, 6.45) is 0. The minimum Gasteiger partial charge on any atom is -0.496 e. The third kappa shape index (κ3) is 2.25. The number of alkyl halides is 2. The van der Waals surface area contributed by atoms with E-state index < -0.39 is 11.7 Å². The molecule has 0 N–H and O–H groups in total. The number of ether oxygens (including phenoxy) is 2. The molecule has 0 fully saturated rings. The van der Waals surface area contributed by atoms with E-state index in [-0.39, 0.29) is 22.6 Å². The Kier molecular flexibility index (Phi) is 2.59. The summed E-state index contributed by atoms with van der Waals surface area (Å²) in [6.45, 7) is 0. The number of hydrogen-bond acceptors (Lipinski definition) is 2. The third-order valence-electron chi connectivity index (χ3n) is 1.73. The molecule has 14 heavy (non-hydrogen) atoms. The van der Waals surface area contributed by atoms with E-state index in [1.807, 2.05) is 0 Å². The van der Waals surface area contributed by atoms with E-state index in [0.29, 0.717) is 0 Å². The maximum atomic E-state index is 7.49. The number of hydrogen-bond donors (Lipinski definition) is 0. The first kappa shape index (κ1) is 6.81. The molecule has 0 spiro atoms. The number of methoxy groups -OCH3 is 2. The summed E-state index contributed by atoms with van der Waals surface area (Å²) >= 11 is 11.2. The number of rotatable bonds is 4. The van der Waals surface area contributed by atoms with E-state index in [0.717, 1.165) is 0 Å². The molecule has 2 nitrogen and oxygen atoms in total. The van der Waals surface area contributed by atoms with Gasteiger partial charge in [-0.3, -0.25) is 0 Å². The van der Waals surface area contributed by atoms with Crippen LogP contribution in [0.1, 0.15) is 16.6 Å². The fraction of sp³-hybridized carbons (Fsp3) is 0.400. The van der Waals surface area contributed by atoms with Gasteiger partial charge in [0.1, 0.15) is 11.5 Å². The zero-order valence-electron chi connectivity index (χ0n) is 11.7. The van der Waals surface area contributed by atoms with Crippen molar-refractivity contribution in [1.29, 1.82) is 0 Å². The van der Waals surface area contributed by atoms with Crippen molar-refractivity contribution in [3.63, 3.8) is 0 Å².